The molecule has 9 heteroatoms. The maximum absolute atomic E-state index is 14.2. The Morgan fingerprint density at radius 2 is 2.03 bits per heavy atom. The third-order valence-electron chi connectivity index (χ3n) is 5.01. The molecular formula is C24H28FN3O5. The molecule has 1 heterocycles. The first-order chi connectivity index (χ1) is 15.8. The van der Waals surface area contributed by atoms with Gasteiger partial charge in [-0.15, -0.1) is 0 Å². The van der Waals surface area contributed by atoms with E-state index in [0.29, 0.717) is 23.3 Å². The number of methoxy groups -OCH3 is 1. The van der Waals surface area contributed by atoms with E-state index < -0.39 is 11.8 Å². The molecule has 1 atom stereocenters. The van der Waals surface area contributed by atoms with Gasteiger partial charge in [0.05, 0.1) is 19.3 Å². The highest BCUT2D eigenvalue weighted by molar-refractivity contribution is 5.69. The van der Waals surface area contributed by atoms with Crippen LogP contribution in [0.25, 0.3) is 22.8 Å². The first-order valence-corrected chi connectivity index (χ1v) is 10.6. The summed E-state index contributed by atoms with van der Waals surface area (Å²) in [6.07, 6.45) is 0.946. The molecule has 0 fully saturated rings. The summed E-state index contributed by atoms with van der Waals surface area (Å²) in [5.41, 5.74) is 2.59. The van der Waals surface area contributed by atoms with E-state index in [2.05, 4.69) is 17.1 Å². The summed E-state index contributed by atoms with van der Waals surface area (Å²) in [5, 5.41) is 12.9. The molecule has 33 heavy (non-hydrogen) atoms. The Morgan fingerprint density at radius 1 is 1.24 bits per heavy atom. The van der Waals surface area contributed by atoms with Gasteiger partial charge in [0.25, 0.3) is 5.89 Å². The molecule has 1 N–H and O–H groups in total. The minimum absolute atomic E-state index is 0.0678. The standard InChI is InChI=1S/C24H28FN3O5/c1-5-15(2)32-21-7-6-17(10-19(21)14-31-4)24-26-23(27-33-24)18-8-16(9-20(25)11-18)12-28(3)13-22(29)30/h6-11,15H,5,12-14H2,1-4H3,(H,29,30). The monoisotopic (exact) mass is 457 g/mol. The van der Waals surface area contributed by atoms with E-state index in [-0.39, 0.29) is 30.9 Å². The third kappa shape index (κ3) is 6.59. The van der Waals surface area contributed by atoms with Gasteiger partial charge in [0, 0.05) is 30.3 Å². The number of carboxylic acids is 1. The molecule has 3 aromatic rings. The van der Waals surface area contributed by atoms with Crippen molar-refractivity contribution in [2.75, 3.05) is 20.7 Å². The van der Waals surface area contributed by atoms with Gasteiger partial charge < -0.3 is 19.1 Å². The lowest BCUT2D eigenvalue weighted by molar-refractivity contribution is -0.138. The topological polar surface area (TPSA) is 97.9 Å². The zero-order valence-corrected chi connectivity index (χ0v) is 19.2. The molecule has 1 aromatic heterocycles. The van der Waals surface area contributed by atoms with Crippen molar-refractivity contribution in [3.63, 3.8) is 0 Å². The second kappa shape index (κ2) is 11.0. The van der Waals surface area contributed by atoms with Crippen molar-refractivity contribution in [2.45, 2.75) is 39.5 Å². The molecule has 8 nitrogen and oxygen atoms in total. The van der Waals surface area contributed by atoms with E-state index in [1.807, 2.05) is 25.1 Å². The summed E-state index contributed by atoms with van der Waals surface area (Å²) in [4.78, 5) is 16.9. The molecule has 0 spiro atoms. The average molecular weight is 458 g/mol. The number of aromatic nitrogens is 2. The number of aliphatic carboxylic acids is 1. The van der Waals surface area contributed by atoms with E-state index in [4.69, 9.17) is 19.1 Å². The molecule has 3 rings (SSSR count). The first kappa shape index (κ1) is 24.3. The number of hydrogen-bond acceptors (Lipinski definition) is 7. The van der Waals surface area contributed by atoms with E-state index in [9.17, 15) is 9.18 Å². The molecule has 2 aromatic carbocycles. The van der Waals surface area contributed by atoms with E-state index >= 15 is 0 Å². The minimum Gasteiger partial charge on any atom is -0.490 e. The molecule has 0 aliphatic rings. The second-order valence-corrected chi connectivity index (χ2v) is 7.93. The highest BCUT2D eigenvalue weighted by atomic mass is 19.1. The van der Waals surface area contributed by atoms with Crippen molar-refractivity contribution in [3.8, 4) is 28.6 Å². The molecule has 0 amide bonds. The maximum Gasteiger partial charge on any atom is 0.317 e. The largest absolute Gasteiger partial charge is 0.490 e. The van der Waals surface area contributed by atoms with Gasteiger partial charge in [-0.25, -0.2) is 4.39 Å². The van der Waals surface area contributed by atoms with E-state index in [1.165, 1.54) is 12.1 Å². The number of ether oxygens (including phenoxy) is 2. The summed E-state index contributed by atoms with van der Waals surface area (Å²) in [5.74, 6) is -0.169. The van der Waals surface area contributed by atoms with Crippen LogP contribution in [0.5, 0.6) is 5.75 Å². The normalized spacial score (nSPS) is 12.2. The summed E-state index contributed by atoms with van der Waals surface area (Å²) < 4.78 is 30.9. The van der Waals surface area contributed by atoms with Gasteiger partial charge in [-0.2, -0.15) is 4.98 Å². The number of hydrogen-bond donors (Lipinski definition) is 1. The molecule has 0 saturated carbocycles. The van der Waals surface area contributed by atoms with E-state index in [1.54, 1.807) is 25.1 Å². The van der Waals surface area contributed by atoms with Crippen LogP contribution >= 0.6 is 0 Å². The summed E-state index contributed by atoms with van der Waals surface area (Å²) in [6, 6.07) is 9.93. The van der Waals surface area contributed by atoms with Crippen molar-refractivity contribution in [3.05, 3.63) is 53.3 Å². The Morgan fingerprint density at radius 3 is 2.73 bits per heavy atom. The Kier molecular flexibility index (Phi) is 8.13. The average Bonchev–Trinajstić information content (AvgIpc) is 3.24. The Balaban J connectivity index is 1.86. The Hall–Kier alpha value is -3.30. The number of nitrogens with zero attached hydrogens (tertiary/aromatic N) is 3. The summed E-state index contributed by atoms with van der Waals surface area (Å²) in [6.45, 7) is 4.52. The number of carbonyl (C=O) groups is 1. The van der Waals surface area contributed by atoms with Gasteiger partial charge >= 0.3 is 5.97 Å². The van der Waals surface area contributed by atoms with Crippen LogP contribution in [0.3, 0.4) is 0 Å². The van der Waals surface area contributed by atoms with Gasteiger partial charge in [0.1, 0.15) is 11.6 Å². The summed E-state index contributed by atoms with van der Waals surface area (Å²) in [7, 11) is 3.26. The third-order valence-corrected chi connectivity index (χ3v) is 5.01. The van der Waals surface area contributed by atoms with Crippen LogP contribution in [0.1, 0.15) is 31.4 Å². The highest BCUT2D eigenvalue weighted by Crippen LogP contribution is 2.29. The van der Waals surface area contributed by atoms with E-state index in [0.717, 1.165) is 17.7 Å². The first-order valence-electron chi connectivity index (χ1n) is 10.6. The molecule has 0 aliphatic carbocycles. The van der Waals surface area contributed by atoms with Crippen LogP contribution in [-0.2, 0) is 22.7 Å². The smallest absolute Gasteiger partial charge is 0.317 e. The number of halogens is 1. The van der Waals surface area contributed by atoms with Crippen molar-refractivity contribution in [1.82, 2.24) is 15.0 Å². The highest BCUT2D eigenvalue weighted by Gasteiger charge is 2.16. The van der Waals surface area contributed by atoms with Gasteiger partial charge in [-0.1, -0.05) is 12.1 Å². The zero-order valence-electron chi connectivity index (χ0n) is 19.2. The van der Waals surface area contributed by atoms with Crippen molar-refractivity contribution >= 4 is 5.97 Å². The molecule has 0 aliphatic heterocycles. The van der Waals surface area contributed by atoms with Crippen LogP contribution in [0.4, 0.5) is 4.39 Å². The minimum atomic E-state index is -0.953. The molecule has 0 saturated heterocycles. The fourth-order valence-electron chi connectivity index (χ4n) is 3.32. The number of benzene rings is 2. The number of rotatable bonds is 11. The SMILES string of the molecule is CCC(C)Oc1ccc(-c2nc(-c3cc(F)cc(CN(C)CC(=O)O)c3)no2)cc1COC. The Labute approximate surface area is 191 Å². The lowest BCUT2D eigenvalue weighted by Crippen LogP contribution is -2.25. The molecule has 1 unspecified atom stereocenters. The molecule has 176 valence electrons. The number of likely N-dealkylation sites (N-methyl/N-ethyl adjacent to an activating group) is 1. The predicted octanol–water partition coefficient (Wildman–Crippen LogP) is 4.38. The quantitative estimate of drug-likeness (QED) is 0.453. The molecule has 0 bridgehead atoms. The lowest BCUT2D eigenvalue weighted by atomic mass is 10.1. The lowest BCUT2D eigenvalue weighted by Gasteiger charge is -2.16. The van der Waals surface area contributed by atoms with Crippen LogP contribution in [0, 0.1) is 5.82 Å². The van der Waals surface area contributed by atoms with Crippen LogP contribution < -0.4 is 4.74 Å². The van der Waals surface area contributed by atoms with Crippen LogP contribution in [0.2, 0.25) is 0 Å². The predicted molar refractivity (Wildman–Crippen MR) is 120 cm³/mol. The fourth-order valence-corrected chi connectivity index (χ4v) is 3.32. The van der Waals surface area contributed by atoms with Crippen LogP contribution in [-0.4, -0.2) is 52.9 Å². The van der Waals surface area contributed by atoms with Gasteiger partial charge in [-0.3, -0.25) is 9.69 Å². The summed E-state index contributed by atoms with van der Waals surface area (Å²) >= 11 is 0. The second-order valence-electron chi connectivity index (χ2n) is 7.93. The number of carboxylic acid groups (broad SMARTS) is 1. The maximum atomic E-state index is 14.2. The zero-order chi connectivity index (χ0) is 24.0. The van der Waals surface area contributed by atoms with Crippen LogP contribution in [0.15, 0.2) is 40.9 Å². The van der Waals surface area contributed by atoms with Crippen molar-refractivity contribution in [1.29, 1.82) is 0 Å². The Bertz CT molecular complexity index is 1100. The van der Waals surface area contributed by atoms with Crippen molar-refractivity contribution in [2.24, 2.45) is 0 Å². The molecule has 0 radical (unpaired) electrons. The van der Waals surface area contributed by atoms with Crippen molar-refractivity contribution < 1.29 is 28.3 Å². The van der Waals surface area contributed by atoms with Gasteiger partial charge in [0.15, 0.2) is 0 Å². The van der Waals surface area contributed by atoms with Gasteiger partial charge in [0.2, 0.25) is 5.82 Å². The molecular weight excluding hydrogens is 429 g/mol. The van der Waals surface area contributed by atoms with Gasteiger partial charge in [-0.05, 0) is 62.4 Å². The fraction of sp³-hybridized carbons (Fsp3) is 0.375.